The molecule has 1 aromatic rings. The summed E-state index contributed by atoms with van der Waals surface area (Å²) in [4.78, 5) is 6.60. The fourth-order valence-corrected chi connectivity index (χ4v) is 2.14. The van der Waals surface area contributed by atoms with Crippen LogP contribution in [0.2, 0.25) is 0 Å². The van der Waals surface area contributed by atoms with E-state index in [-0.39, 0.29) is 0 Å². The van der Waals surface area contributed by atoms with E-state index in [2.05, 4.69) is 16.0 Å². The zero-order valence-electron chi connectivity index (χ0n) is 10.3. The molecule has 0 unspecified atom stereocenters. The number of nitrogens with zero attached hydrogens (tertiary/aromatic N) is 3. The quantitative estimate of drug-likeness (QED) is 0.779. The monoisotopic (exact) mass is 231 g/mol. The molecule has 1 aliphatic heterocycles. The molecule has 0 atom stereocenters. The van der Waals surface area contributed by atoms with Gasteiger partial charge in [-0.3, -0.25) is 0 Å². The predicted octanol–water partition coefficient (Wildman–Crippen LogP) is 1.88. The lowest BCUT2D eigenvalue weighted by molar-refractivity contribution is 0.0853. The van der Waals surface area contributed by atoms with Crippen molar-refractivity contribution in [2.75, 3.05) is 25.2 Å². The molecule has 0 aromatic carbocycles. The largest absolute Gasteiger partial charge is 0.381 e. The zero-order valence-corrected chi connectivity index (χ0v) is 10.3. The minimum absolute atomic E-state index is 0.421. The maximum Gasteiger partial charge on any atom is 0.146 e. The summed E-state index contributed by atoms with van der Waals surface area (Å²) >= 11 is 0. The van der Waals surface area contributed by atoms with Gasteiger partial charge in [-0.15, -0.1) is 0 Å². The summed E-state index contributed by atoms with van der Waals surface area (Å²) in [7, 11) is 2.01. The molecule has 1 saturated heterocycles. The van der Waals surface area contributed by atoms with Crippen molar-refractivity contribution >= 4 is 5.82 Å². The van der Waals surface area contributed by atoms with Gasteiger partial charge in [0.2, 0.25) is 0 Å². The third-order valence-electron chi connectivity index (χ3n) is 3.21. The fourth-order valence-electron chi connectivity index (χ4n) is 2.14. The Balaban J connectivity index is 2.25. The number of ether oxygens (including phenoxy) is 1. The Morgan fingerprint density at radius 3 is 2.76 bits per heavy atom. The minimum Gasteiger partial charge on any atom is -0.381 e. The first kappa shape index (κ1) is 11.9. The van der Waals surface area contributed by atoms with Crippen molar-refractivity contribution in [3.63, 3.8) is 0 Å². The summed E-state index contributed by atoms with van der Waals surface area (Å²) in [5, 5.41) is 9.12. The van der Waals surface area contributed by atoms with E-state index in [9.17, 15) is 0 Å². The Labute approximate surface area is 102 Å². The number of hydrogen-bond acceptors (Lipinski definition) is 4. The van der Waals surface area contributed by atoms with Crippen molar-refractivity contribution in [1.29, 1.82) is 5.26 Å². The van der Waals surface area contributed by atoms with E-state index in [1.165, 1.54) is 0 Å². The average Bonchev–Trinajstić information content (AvgIpc) is 2.39. The molecule has 2 rings (SSSR count). The molecule has 0 spiro atoms. The highest BCUT2D eigenvalue weighted by Gasteiger charge is 2.21. The first-order valence-electron chi connectivity index (χ1n) is 5.90. The second kappa shape index (κ2) is 5.15. The summed E-state index contributed by atoms with van der Waals surface area (Å²) < 4.78 is 5.35. The molecule has 1 aliphatic rings. The third kappa shape index (κ3) is 2.56. The first-order chi connectivity index (χ1) is 8.22. The molecule has 0 bridgehead atoms. The van der Waals surface area contributed by atoms with Gasteiger partial charge in [-0.25, -0.2) is 4.98 Å². The molecule has 1 aromatic heterocycles. The smallest absolute Gasteiger partial charge is 0.146 e. The van der Waals surface area contributed by atoms with Crippen LogP contribution in [0, 0.1) is 18.3 Å². The van der Waals surface area contributed by atoms with E-state index < -0.39 is 0 Å². The Morgan fingerprint density at radius 2 is 2.12 bits per heavy atom. The number of nitriles is 1. The van der Waals surface area contributed by atoms with E-state index in [0.29, 0.717) is 11.6 Å². The average molecular weight is 231 g/mol. The van der Waals surface area contributed by atoms with Gasteiger partial charge in [-0.05, 0) is 31.9 Å². The Morgan fingerprint density at radius 1 is 1.41 bits per heavy atom. The first-order valence-corrected chi connectivity index (χ1v) is 5.90. The van der Waals surface area contributed by atoms with Crippen molar-refractivity contribution in [3.05, 3.63) is 23.4 Å². The normalized spacial score (nSPS) is 16.5. The molecule has 1 fully saturated rings. The number of aromatic nitrogens is 1. The van der Waals surface area contributed by atoms with E-state index in [0.717, 1.165) is 37.6 Å². The minimum atomic E-state index is 0.421. The number of anilines is 1. The summed E-state index contributed by atoms with van der Waals surface area (Å²) in [5.41, 5.74) is 1.59. The van der Waals surface area contributed by atoms with Crippen LogP contribution in [-0.2, 0) is 4.74 Å². The highest BCUT2D eigenvalue weighted by atomic mass is 16.5. The van der Waals surface area contributed by atoms with Gasteiger partial charge < -0.3 is 9.64 Å². The van der Waals surface area contributed by atoms with Gasteiger partial charge in [-0.2, -0.15) is 5.26 Å². The Bertz CT molecular complexity index is 433. The van der Waals surface area contributed by atoms with Crippen LogP contribution in [-0.4, -0.2) is 31.3 Å². The molecule has 0 radical (unpaired) electrons. The second-order valence-corrected chi connectivity index (χ2v) is 4.39. The van der Waals surface area contributed by atoms with Crippen molar-refractivity contribution in [3.8, 4) is 6.07 Å². The van der Waals surface area contributed by atoms with Crippen LogP contribution in [0.1, 0.15) is 24.1 Å². The Hall–Kier alpha value is -1.60. The van der Waals surface area contributed by atoms with Gasteiger partial charge in [0.05, 0.1) is 5.56 Å². The van der Waals surface area contributed by atoms with Crippen LogP contribution >= 0.6 is 0 Å². The maximum atomic E-state index is 9.12. The predicted molar refractivity (Wildman–Crippen MR) is 65.9 cm³/mol. The maximum absolute atomic E-state index is 9.12. The molecule has 0 saturated carbocycles. The van der Waals surface area contributed by atoms with Gasteiger partial charge in [0.15, 0.2) is 0 Å². The van der Waals surface area contributed by atoms with Crippen molar-refractivity contribution in [2.24, 2.45) is 0 Å². The molecule has 90 valence electrons. The number of pyridine rings is 1. The third-order valence-corrected chi connectivity index (χ3v) is 3.21. The molecule has 2 heterocycles. The van der Waals surface area contributed by atoms with Crippen LogP contribution in [0.3, 0.4) is 0 Å². The Kier molecular flexibility index (Phi) is 3.60. The fraction of sp³-hybridized carbons (Fsp3) is 0.538. The highest BCUT2D eigenvalue weighted by Crippen LogP contribution is 2.22. The van der Waals surface area contributed by atoms with Crippen molar-refractivity contribution in [2.45, 2.75) is 25.8 Å². The lowest BCUT2D eigenvalue weighted by Gasteiger charge is -2.32. The summed E-state index contributed by atoms with van der Waals surface area (Å²) in [5.74, 6) is 0.791. The van der Waals surface area contributed by atoms with Crippen molar-refractivity contribution in [1.82, 2.24) is 4.98 Å². The van der Waals surface area contributed by atoms with Crippen molar-refractivity contribution < 1.29 is 4.74 Å². The van der Waals surface area contributed by atoms with Crippen LogP contribution < -0.4 is 4.90 Å². The highest BCUT2D eigenvalue weighted by molar-refractivity contribution is 5.54. The topological polar surface area (TPSA) is 49.2 Å². The molecule has 4 nitrogen and oxygen atoms in total. The van der Waals surface area contributed by atoms with Gasteiger partial charge >= 0.3 is 0 Å². The molecule has 4 heteroatoms. The summed E-state index contributed by atoms with van der Waals surface area (Å²) in [6, 6.07) is 6.34. The molecular formula is C13H17N3O. The second-order valence-electron chi connectivity index (χ2n) is 4.39. The lowest BCUT2D eigenvalue weighted by atomic mass is 10.1. The van der Waals surface area contributed by atoms with Gasteiger partial charge in [0, 0.05) is 32.0 Å². The van der Waals surface area contributed by atoms with E-state index in [4.69, 9.17) is 10.00 Å². The zero-order chi connectivity index (χ0) is 12.3. The van der Waals surface area contributed by atoms with Crippen LogP contribution in [0.25, 0.3) is 0 Å². The van der Waals surface area contributed by atoms with Gasteiger partial charge in [-0.1, -0.05) is 0 Å². The van der Waals surface area contributed by atoms with E-state index in [1.54, 1.807) is 0 Å². The molecule has 0 N–H and O–H groups in total. The molecule has 0 amide bonds. The number of aryl methyl sites for hydroxylation is 1. The number of hydrogen-bond donors (Lipinski definition) is 0. The van der Waals surface area contributed by atoms with Gasteiger partial charge in [0.25, 0.3) is 0 Å². The summed E-state index contributed by atoms with van der Waals surface area (Å²) in [6.45, 7) is 3.54. The standard InChI is InChI=1S/C13H17N3O/c1-10-3-4-11(9-14)13(15-10)16(2)12-5-7-17-8-6-12/h3-4,12H,5-8H2,1-2H3. The van der Waals surface area contributed by atoms with Crippen LogP contribution in [0.4, 0.5) is 5.82 Å². The van der Waals surface area contributed by atoms with Crippen LogP contribution in [0.5, 0.6) is 0 Å². The molecule has 0 aliphatic carbocycles. The van der Waals surface area contributed by atoms with E-state index >= 15 is 0 Å². The van der Waals surface area contributed by atoms with Crippen LogP contribution in [0.15, 0.2) is 12.1 Å². The lowest BCUT2D eigenvalue weighted by Crippen LogP contribution is -2.37. The summed E-state index contributed by atoms with van der Waals surface area (Å²) in [6.07, 6.45) is 1.99. The number of rotatable bonds is 2. The SMILES string of the molecule is Cc1ccc(C#N)c(N(C)C2CCOCC2)n1. The van der Waals surface area contributed by atoms with Gasteiger partial charge in [0.1, 0.15) is 11.9 Å². The molecule has 17 heavy (non-hydrogen) atoms. The molecular weight excluding hydrogens is 214 g/mol. The van der Waals surface area contributed by atoms with E-state index in [1.807, 2.05) is 26.1 Å².